The zero-order valence-corrected chi connectivity index (χ0v) is 10.9. The van der Waals surface area contributed by atoms with Crippen LogP contribution in [0.25, 0.3) is 11.3 Å². The Hall–Kier alpha value is -2.30. The highest BCUT2D eigenvalue weighted by atomic mass is 16.4. The van der Waals surface area contributed by atoms with Gasteiger partial charge in [0.25, 0.3) is 0 Å². The molecule has 0 aliphatic heterocycles. The fourth-order valence-corrected chi connectivity index (χ4v) is 1.97. The Kier molecular flexibility index (Phi) is 3.29. The van der Waals surface area contributed by atoms with Gasteiger partial charge in [-0.15, -0.1) is 0 Å². The molecule has 1 aromatic heterocycles. The minimum absolute atomic E-state index is 0.276. The molecule has 5 heteroatoms. The average Bonchev–Trinajstić information content (AvgIpc) is 2.76. The molecule has 19 heavy (non-hydrogen) atoms. The number of carboxylic acids is 1. The molecule has 0 unspecified atom stereocenters. The lowest BCUT2D eigenvalue weighted by Crippen LogP contribution is -2.26. The summed E-state index contributed by atoms with van der Waals surface area (Å²) in [6.45, 7) is 3.37. The van der Waals surface area contributed by atoms with Gasteiger partial charge >= 0.3 is 11.7 Å². The number of imidazole rings is 1. The molecular formula is C14H16N2O3. The van der Waals surface area contributed by atoms with Crippen LogP contribution in [0.3, 0.4) is 0 Å². The van der Waals surface area contributed by atoms with Crippen LogP contribution in [0.5, 0.6) is 0 Å². The minimum atomic E-state index is -0.854. The first-order chi connectivity index (χ1) is 8.90. The van der Waals surface area contributed by atoms with Gasteiger partial charge in [0.05, 0.1) is 11.1 Å². The first kappa shape index (κ1) is 13.1. The van der Waals surface area contributed by atoms with Crippen molar-refractivity contribution < 1.29 is 9.90 Å². The molecule has 0 spiro atoms. The van der Waals surface area contributed by atoms with E-state index in [2.05, 4.69) is 9.97 Å². The summed E-state index contributed by atoms with van der Waals surface area (Å²) in [5.74, 6) is -0.843. The zero-order valence-electron chi connectivity index (χ0n) is 10.9. The second-order valence-electron chi connectivity index (χ2n) is 5.18. The van der Waals surface area contributed by atoms with Crippen LogP contribution in [0.1, 0.15) is 19.4 Å². The fraction of sp³-hybridized carbons (Fsp3) is 0.286. The van der Waals surface area contributed by atoms with Gasteiger partial charge in [-0.2, -0.15) is 0 Å². The average molecular weight is 260 g/mol. The second-order valence-corrected chi connectivity index (χ2v) is 5.18. The lowest BCUT2D eigenvalue weighted by Gasteiger charge is -2.20. The first-order valence-electron chi connectivity index (χ1n) is 5.99. The van der Waals surface area contributed by atoms with Crippen molar-refractivity contribution in [3.05, 3.63) is 46.5 Å². The van der Waals surface area contributed by atoms with Gasteiger partial charge in [0, 0.05) is 11.8 Å². The molecule has 0 bridgehead atoms. The van der Waals surface area contributed by atoms with Crippen molar-refractivity contribution in [2.45, 2.75) is 20.3 Å². The predicted octanol–water partition coefficient (Wildman–Crippen LogP) is 2.02. The van der Waals surface area contributed by atoms with Crippen molar-refractivity contribution in [3.8, 4) is 11.3 Å². The number of aromatic amines is 2. The topological polar surface area (TPSA) is 86.0 Å². The number of benzene rings is 1. The van der Waals surface area contributed by atoms with Gasteiger partial charge < -0.3 is 15.1 Å². The number of hydrogen-bond donors (Lipinski definition) is 3. The molecule has 0 atom stereocenters. The summed E-state index contributed by atoms with van der Waals surface area (Å²) in [5, 5.41) is 9.20. The number of H-pyrrole nitrogens is 2. The Labute approximate surface area is 110 Å². The maximum absolute atomic E-state index is 11.2. The quantitative estimate of drug-likeness (QED) is 0.786. The predicted molar refractivity (Wildman–Crippen MR) is 72.0 cm³/mol. The monoisotopic (exact) mass is 260 g/mol. The van der Waals surface area contributed by atoms with Crippen LogP contribution in [0.4, 0.5) is 0 Å². The third-order valence-corrected chi connectivity index (χ3v) is 3.11. The summed E-state index contributed by atoms with van der Waals surface area (Å²) < 4.78 is 0. The molecule has 2 rings (SSSR count). The van der Waals surface area contributed by atoms with E-state index < -0.39 is 11.4 Å². The van der Waals surface area contributed by atoms with Gasteiger partial charge in [0.2, 0.25) is 0 Å². The largest absolute Gasteiger partial charge is 0.481 e. The van der Waals surface area contributed by atoms with Gasteiger partial charge in [0.1, 0.15) is 0 Å². The molecule has 0 radical (unpaired) electrons. The SMILES string of the molecule is CC(C)(Cc1ccccc1-c1c[nH]c(=O)[nH]1)C(=O)O. The summed E-state index contributed by atoms with van der Waals surface area (Å²) in [7, 11) is 0. The molecule has 1 aromatic carbocycles. The molecule has 3 N–H and O–H groups in total. The Balaban J connectivity index is 2.42. The third-order valence-electron chi connectivity index (χ3n) is 3.11. The molecule has 1 heterocycles. The van der Waals surface area contributed by atoms with Crippen LogP contribution in [0.15, 0.2) is 35.3 Å². The minimum Gasteiger partial charge on any atom is -0.481 e. The van der Waals surface area contributed by atoms with E-state index in [0.717, 1.165) is 11.1 Å². The van der Waals surface area contributed by atoms with Gasteiger partial charge in [-0.1, -0.05) is 24.3 Å². The summed E-state index contributed by atoms with van der Waals surface area (Å²) in [4.78, 5) is 27.6. The summed E-state index contributed by atoms with van der Waals surface area (Å²) in [6, 6.07) is 7.47. The number of hydrogen-bond acceptors (Lipinski definition) is 2. The van der Waals surface area contributed by atoms with Crippen molar-refractivity contribution in [1.29, 1.82) is 0 Å². The number of aliphatic carboxylic acids is 1. The van der Waals surface area contributed by atoms with E-state index in [4.69, 9.17) is 0 Å². The molecule has 0 aliphatic carbocycles. The Morgan fingerprint density at radius 1 is 1.32 bits per heavy atom. The van der Waals surface area contributed by atoms with E-state index in [0.29, 0.717) is 12.1 Å². The zero-order chi connectivity index (χ0) is 14.0. The van der Waals surface area contributed by atoms with E-state index in [9.17, 15) is 14.7 Å². The summed E-state index contributed by atoms with van der Waals surface area (Å²) in [6.07, 6.45) is 1.99. The van der Waals surface area contributed by atoms with Gasteiger partial charge in [-0.05, 0) is 25.8 Å². The van der Waals surface area contributed by atoms with Crippen molar-refractivity contribution in [1.82, 2.24) is 9.97 Å². The Morgan fingerprint density at radius 3 is 2.58 bits per heavy atom. The smallest absolute Gasteiger partial charge is 0.323 e. The van der Waals surface area contributed by atoms with Crippen molar-refractivity contribution in [3.63, 3.8) is 0 Å². The van der Waals surface area contributed by atoms with Crippen molar-refractivity contribution >= 4 is 5.97 Å². The second kappa shape index (κ2) is 4.76. The first-order valence-corrected chi connectivity index (χ1v) is 5.99. The van der Waals surface area contributed by atoms with E-state index in [1.807, 2.05) is 24.3 Å². The maximum atomic E-state index is 11.2. The number of carboxylic acid groups (broad SMARTS) is 1. The number of carbonyl (C=O) groups is 1. The summed E-state index contributed by atoms with van der Waals surface area (Å²) >= 11 is 0. The number of aromatic nitrogens is 2. The Bertz CT molecular complexity index is 652. The molecule has 0 fully saturated rings. The molecule has 0 saturated heterocycles. The molecule has 0 saturated carbocycles. The lowest BCUT2D eigenvalue weighted by molar-refractivity contribution is -0.146. The summed E-state index contributed by atoms with van der Waals surface area (Å²) in [5.41, 5.74) is 1.27. The van der Waals surface area contributed by atoms with Gasteiger partial charge in [-0.3, -0.25) is 4.79 Å². The highest BCUT2D eigenvalue weighted by Crippen LogP contribution is 2.28. The number of rotatable bonds is 4. The standard InChI is InChI=1S/C14H16N2O3/c1-14(2,12(17)18)7-9-5-3-4-6-10(9)11-8-15-13(19)16-11/h3-6,8H,7H2,1-2H3,(H,17,18)(H2,15,16,19). The third kappa shape index (κ3) is 2.76. The van der Waals surface area contributed by atoms with Crippen LogP contribution in [0, 0.1) is 5.41 Å². The van der Waals surface area contributed by atoms with Crippen LogP contribution in [-0.4, -0.2) is 21.0 Å². The van der Waals surface area contributed by atoms with E-state index in [1.165, 1.54) is 0 Å². The number of nitrogens with one attached hydrogen (secondary N) is 2. The van der Waals surface area contributed by atoms with Crippen LogP contribution in [0.2, 0.25) is 0 Å². The van der Waals surface area contributed by atoms with Crippen LogP contribution < -0.4 is 5.69 Å². The van der Waals surface area contributed by atoms with Crippen molar-refractivity contribution in [2.24, 2.45) is 5.41 Å². The van der Waals surface area contributed by atoms with Gasteiger partial charge in [0.15, 0.2) is 0 Å². The van der Waals surface area contributed by atoms with Crippen molar-refractivity contribution in [2.75, 3.05) is 0 Å². The van der Waals surface area contributed by atoms with E-state index in [-0.39, 0.29) is 5.69 Å². The Morgan fingerprint density at radius 2 is 2.00 bits per heavy atom. The van der Waals surface area contributed by atoms with Crippen LogP contribution in [-0.2, 0) is 11.2 Å². The molecule has 2 aromatic rings. The molecule has 0 aliphatic rings. The molecule has 100 valence electrons. The lowest BCUT2D eigenvalue weighted by atomic mass is 9.84. The molecule has 5 nitrogen and oxygen atoms in total. The normalized spacial score (nSPS) is 11.5. The van der Waals surface area contributed by atoms with E-state index in [1.54, 1.807) is 20.0 Å². The van der Waals surface area contributed by atoms with E-state index >= 15 is 0 Å². The maximum Gasteiger partial charge on any atom is 0.323 e. The van der Waals surface area contributed by atoms with Gasteiger partial charge in [-0.25, -0.2) is 4.79 Å². The highest BCUT2D eigenvalue weighted by Gasteiger charge is 2.28. The highest BCUT2D eigenvalue weighted by molar-refractivity contribution is 5.75. The fourth-order valence-electron chi connectivity index (χ4n) is 1.97. The molecule has 0 amide bonds. The molecular weight excluding hydrogens is 244 g/mol. The van der Waals surface area contributed by atoms with Crippen LogP contribution >= 0.6 is 0 Å².